The van der Waals surface area contributed by atoms with Gasteiger partial charge in [0.2, 0.25) is 0 Å². The van der Waals surface area contributed by atoms with Crippen LogP contribution in [0.5, 0.6) is 0 Å². The highest BCUT2D eigenvalue weighted by molar-refractivity contribution is 8.22. The van der Waals surface area contributed by atoms with E-state index >= 15 is 0 Å². The maximum Gasteiger partial charge on any atom is 0.308 e. The van der Waals surface area contributed by atoms with Crippen LogP contribution in [0, 0.1) is 12.3 Å². The Morgan fingerprint density at radius 3 is 2.78 bits per heavy atom. The molecule has 0 saturated heterocycles. The lowest BCUT2D eigenvalue weighted by Crippen LogP contribution is -2.00. The number of hydrogen-bond acceptors (Lipinski definition) is 3. The van der Waals surface area contributed by atoms with Crippen LogP contribution in [0.1, 0.15) is 0 Å². The van der Waals surface area contributed by atoms with Gasteiger partial charge >= 0.3 is 5.90 Å². The number of allylic oxidation sites excluding steroid dienone is 1. The van der Waals surface area contributed by atoms with E-state index < -0.39 is 10.9 Å². The molecular weight excluding hydrogens is 246 g/mol. The molecule has 1 aliphatic heterocycles. The first-order valence-corrected chi connectivity index (χ1v) is 6.80. The van der Waals surface area contributed by atoms with Crippen molar-refractivity contribution in [3.8, 4) is 12.3 Å². The van der Waals surface area contributed by atoms with E-state index in [0.717, 1.165) is 0 Å². The third kappa shape index (κ3) is 2.96. The highest BCUT2D eigenvalue weighted by Gasteiger charge is 2.10. The summed E-state index contributed by atoms with van der Waals surface area (Å²) in [5, 5.41) is 7.76. The van der Waals surface area contributed by atoms with Crippen molar-refractivity contribution in [3.63, 3.8) is 0 Å². The van der Waals surface area contributed by atoms with Crippen molar-refractivity contribution in [1.82, 2.24) is 0 Å². The predicted molar refractivity (Wildman–Crippen MR) is 75.3 cm³/mol. The van der Waals surface area contributed by atoms with Crippen molar-refractivity contribution >= 4 is 16.8 Å². The molecule has 18 heavy (non-hydrogen) atoms. The summed E-state index contributed by atoms with van der Waals surface area (Å²) in [5.41, 5.74) is 0. The van der Waals surface area contributed by atoms with Crippen LogP contribution in [0.15, 0.2) is 63.0 Å². The van der Waals surface area contributed by atoms with Crippen LogP contribution in [0.2, 0.25) is 0 Å². The summed E-state index contributed by atoms with van der Waals surface area (Å²) in [6, 6.07) is 10.2. The Hall–Kier alpha value is -2.12. The zero-order valence-corrected chi connectivity index (χ0v) is 10.8. The summed E-state index contributed by atoms with van der Waals surface area (Å²) >= 11 is 0. The molecule has 0 bridgehead atoms. The molecule has 0 N–H and O–H groups in total. The average molecular weight is 259 g/mol. The van der Waals surface area contributed by atoms with Gasteiger partial charge in [-0.1, -0.05) is 18.2 Å². The van der Waals surface area contributed by atoms with Gasteiger partial charge in [0.1, 0.15) is 12.9 Å². The summed E-state index contributed by atoms with van der Waals surface area (Å²) in [6.45, 7) is 0. The molecule has 92 valence electrons. The minimum absolute atomic E-state index is 0.123. The summed E-state index contributed by atoms with van der Waals surface area (Å²) in [4.78, 5) is 5.86. The third-order valence-electron chi connectivity index (χ3n) is 2.23. The molecule has 1 atom stereocenters. The Balaban J connectivity index is 2.09. The number of terminal acetylenes is 1. The summed E-state index contributed by atoms with van der Waals surface area (Å²) < 4.78 is 5.43. The van der Waals surface area contributed by atoms with Gasteiger partial charge in [-0.05, 0) is 39.6 Å². The third-order valence-corrected chi connectivity index (χ3v) is 4.13. The molecule has 4 heteroatoms. The first kappa shape index (κ1) is 12.3. The monoisotopic (exact) mass is 259 g/mol. The van der Waals surface area contributed by atoms with Gasteiger partial charge in [-0.25, -0.2) is 0 Å². The second-order valence-electron chi connectivity index (χ2n) is 3.42. The van der Waals surface area contributed by atoms with Gasteiger partial charge in [0.15, 0.2) is 0 Å². The summed E-state index contributed by atoms with van der Waals surface area (Å²) in [7, 11) is 0.971. The number of hydrogen-bond donors (Lipinski definition) is 1. The maximum absolute atomic E-state index is 5.43. The highest BCUT2D eigenvalue weighted by atomic mass is 32.2. The SMILES string of the molecule is C#CC(=NOC)OC1=C[SH](c2ccccc2)C=C1. The van der Waals surface area contributed by atoms with Crippen molar-refractivity contribution < 1.29 is 9.57 Å². The van der Waals surface area contributed by atoms with Crippen LogP contribution in [-0.2, 0) is 9.57 Å². The predicted octanol–water partition coefficient (Wildman–Crippen LogP) is 3.03. The van der Waals surface area contributed by atoms with Gasteiger partial charge in [-0.2, -0.15) is 10.9 Å². The Kier molecular flexibility index (Phi) is 4.11. The van der Waals surface area contributed by atoms with E-state index in [1.165, 1.54) is 12.0 Å². The van der Waals surface area contributed by atoms with Crippen molar-refractivity contribution in [2.75, 3.05) is 7.11 Å². The molecule has 0 aliphatic carbocycles. The number of oxime groups is 1. The Morgan fingerprint density at radius 2 is 2.11 bits per heavy atom. The minimum atomic E-state index is -0.456. The number of rotatable bonds is 3. The molecule has 1 heterocycles. The van der Waals surface area contributed by atoms with E-state index in [0.29, 0.717) is 5.76 Å². The van der Waals surface area contributed by atoms with Gasteiger partial charge in [-0.15, -0.1) is 6.42 Å². The van der Waals surface area contributed by atoms with Gasteiger partial charge < -0.3 is 9.57 Å². The van der Waals surface area contributed by atoms with E-state index in [4.69, 9.17) is 11.2 Å². The molecule has 3 nitrogen and oxygen atoms in total. The minimum Gasteiger partial charge on any atom is -0.430 e. The largest absolute Gasteiger partial charge is 0.430 e. The fourth-order valence-corrected chi connectivity index (χ4v) is 3.11. The van der Waals surface area contributed by atoms with E-state index in [1.54, 1.807) is 0 Å². The zero-order valence-electron chi connectivity index (χ0n) is 9.91. The lowest BCUT2D eigenvalue weighted by atomic mass is 10.4. The molecule has 0 aromatic heterocycles. The molecule has 2 rings (SSSR count). The molecule has 0 radical (unpaired) electrons. The van der Waals surface area contributed by atoms with Crippen molar-refractivity contribution in [3.05, 3.63) is 53.0 Å². The number of ether oxygens (including phenoxy) is 1. The standard InChI is InChI=1S/C14H13NO2S/c1-3-14(15-16-2)17-12-9-10-18(11-12)13-7-5-4-6-8-13/h1,4-11,18H,2H3. The lowest BCUT2D eigenvalue weighted by Gasteiger charge is -2.09. The summed E-state index contributed by atoms with van der Waals surface area (Å²) in [6.07, 6.45) is 7.15. The normalized spacial score (nSPS) is 20.1. The number of benzene rings is 1. The van der Waals surface area contributed by atoms with Gasteiger partial charge in [0, 0.05) is 5.41 Å². The number of thiol groups is 1. The van der Waals surface area contributed by atoms with E-state index in [1.807, 2.05) is 29.7 Å². The van der Waals surface area contributed by atoms with Gasteiger partial charge in [0.05, 0.1) is 0 Å². The van der Waals surface area contributed by atoms with E-state index in [-0.39, 0.29) is 5.90 Å². The molecule has 0 fully saturated rings. The molecule has 0 spiro atoms. The Bertz CT molecular complexity index is 541. The second-order valence-corrected chi connectivity index (χ2v) is 5.30. The lowest BCUT2D eigenvalue weighted by molar-refractivity contribution is 0.202. The van der Waals surface area contributed by atoms with E-state index in [9.17, 15) is 0 Å². The van der Waals surface area contributed by atoms with Crippen LogP contribution in [0.3, 0.4) is 0 Å². The van der Waals surface area contributed by atoms with Crippen LogP contribution in [0.4, 0.5) is 0 Å². The van der Waals surface area contributed by atoms with Crippen molar-refractivity contribution in [2.45, 2.75) is 4.90 Å². The van der Waals surface area contributed by atoms with Crippen LogP contribution < -0.4 is 0 Å². The molecule has 0 amide bonds. The molecule has 0 saturated carbocycles. The van der Waals surface area contributed by atoms with Crippen LogP contribution in [0.25, 0.3) is 0 Å². The molecule has 1 aliphatic rings. The topological polar surface area (TPSA) is 30.8 Å². The van der Waals surface area contributed by atoms with Crippen molar-refractivity contribution in [2.24, 2.45) is 5.16 Å². The highest BCUT2D eigenvalue weighted by Crippen LogP contribution is 2.44. The first-order chi connectivity index (χ1) is 8.83. The summed E-state index contributed by atoms with van der Waals surface area (Å²) in [5.74, 6) is 3.15. The van der Waals surface area contributed by atoms with Crippen LogP contribution in [-0.4, -0.2) is 13.0 Å². The molecule has 1 unspecified atom stereocenters. The molecular formula is C14H13NO2S. The van der Waals surface area contributed by atoms with Crippen molar-refractivity contribution in [1.29, 1.82) is 0 Å². The first-order valence-electron chi connectivity index (χ1n) is 5.32. The van der Waals surface area contributed by atoms with E-state index in [2.05, 4.69) is 33.5 Å². The molecule has 1 aromatic carbocycles. The maximum atomic E-state index is 5.43. The number of nitrogens with zero attached hydrogens (tertiary/aromatic N) is 1. The van der Waals surface area contributed by atoms with Crippen LogP contribution >= 0.6 is 10.9 Å². The van der Waals surface area contributed by atoms with Gasteiger partial charge in [0.25, 0.3) is 0 Å². The Labute approximate surface area is 109 Å². The second kappa shape index (κ2) is 5.99. The fourth-order valence-electron chi connectivity index (χ4n) is 1.47. The molecule has 1 aromatic rings. The quantitative estimate of drug-likeness (QED) is 0.297. The fraction of sp³-hybridized carbons (Fsp3) is 0.0714. The van der Waals surface area contributed by atoms with Gasteiger partial charge in [-0.3, -0.25) is 0 Å². The smallest absolute Gasteiger partial charge is 0.308 e. The Morgan fingerprint density at radius 1 is 1.33 bits per heavy atom. The average Bonchev–Trinajstić information content (AvgIpc) is 2.88. The zero-order chi connectivity index (χ0) is 12.8.